The van der Waals surface area contributed by atoms with Crippen LogP contribution in [0.25, 0.3) is 11.0 Å². The minimum atomic E-state index is -0.485. The summed E-state index contributed by atoms with van der Waals surface area (Å²) in [4.78, 5) is 12.2. The van der Waals surface area contributed by atoms with Crippen molar-refractivity contribution in [2.24, 2.45) is 0 Å². The molecule has 0 saturated heterocycles. The first-order chi connectivity index (χ1) is 11.4. The minimum Gasteiger partial charge on any atom is -0.497 e. The molecule has 1 aromatic carbocycles. The van der Waals surface area contributed by atoms with E-state index in [9.17, 15) is 4.79 Å². The van der Waals surface area contributed by atoms with Gasteiger partial charge in [-0.1, -0.05) is 17.2 Å². The third-order valence-corrected chi connectivity index (χ3v) is 3.72. The number of ether oxygens (including phenoxy) is 2. The highest BCUT2D eigenvalue weighted by Gasteiger charge is 2.13. The molecule has 0 amide bonds. The molecular formula is C20H24O4. The normalized spacial score (nSPS) is 12.8. The van der Waals surface area contributed by atoms with Gasteiger partial charge in [0, 0.05) is 17.9 Å². The Hall–Kier alpha value is -2.49. The number of allylic oxidation sites excluding steroid dienone is 2. The average Bonchev–Trinajstić information content (AvgIpc) is 2.54. The van der Waals surface area contributed by atoms with Crippen molar-refractivity contribution < 1.29 is 13.9 Å². The number of hydrogen-bond donors (Lipinski definition) is 0. The van der Waals surface area contributed by atoms with Crippen molar-refractivity contribution in [3.63, 3.8) is 0 Å². The molecule has 4 heteroatoms. The summed E-state index contributed by atoms with van der Waals surface area (Å²) >= 11 is 0. The van der Waals surface area contributed by atoms with Crippen molar-refractivity contribution in [2.75, 3.05) is 7.11 Å². The molecular weight excluding hydrogens is 304 g/mol. The van der Waals surface area contributed by atoms with Crippen molar-refractivity contribution in [3.8, 4) is 11.5 Å². The van der Waals surface area contributed by atoms with Gasteiger partial charge >= 0.3 is 5.63 Å². The first kappa shape index (κ1) is 17.9. The molecule has 0 aliphatic rings. The lowest BCUT2D eigenvalue weighted by Gasteiger charge is -2.16. The summed E-state index contributed by atoms with van der Waals surface area (Å²) in [6, 6.07) is 7.08. The molecule has 0 aliphatic heterocycles. The van der Waals surface area contributed by atoms with Crippen molar-refractivity contribution in [2.45, 2.75) is 40.2 Å². The van der Waals surface area contributed by atoms with Crippen LogP contribution in [0.4, 0.5) is 0 Å². The van der Waals surface area contributed by atoms with Crippen LogP contribution in [0.15, 0.2) is 56.8 Å². The molecule has 2 aromatic rings. The van der Waals surface area contributed by atoms with Crippen LogP contribution in [-0.2, 0) is 0 Å². The molecule has 2 rings (SSSR count). The molecule has 24 heavy (non-hydrogen) atoms. The molecule has 0 bridgehead atoms. The van der Waals surface area contributed by atoms with Gasteiger partial charge in [0.1, 0.15) is 17.4 Å². The van der Waals surface area contributed by atoms with Crippen molar-refractivity contribution in [3.05, 3.63) is 58.0 Å². The summed E-state index contributed by atoms with van der Waals surface area (Å²) in [6.07, 6.45) is 4.58. The molecule has 1 aromatic heterocycles. The first-order valence-electron chi connectivity index (χ1n) is 7.98. The lowest BCUT2D eigenvalue weighted by molar-refractivity contribution is 0.238. The van der Waals surface area contributed by atoms with Gasteiger partial charge < -0.3 is 13.9 Å². The fourth-order valence-corrected chi connectivity index (χ4v) is 2.39. The molecule has 0 N–H and O–H groups in total. The Morgan fingerprint density at radius 2 is 2.00 bits per heavy atom. The van der Waals surface area contributed by atoms with Crippen LogP contribution in [0.5, 0.6) is 11.5 Å². The highest BCUT2D eigenvalue weighted by atomic mass is 16.5. The van der Waals surface area contributed by atoms with Crippen LogP contribution >= 0.6 is 0 Å². The van der Waals surface area contributed by atoms with E-state index in [1.807, 2.05) is 52.0 Å². The van der Waals surface area contributed by atoms with Gasteiger partial charge in [0.05, 0.1) is 7.11 Å². The van der Waals surface area contributed by atoms with Gasteiger partial charge in [-0.2, -0.15) is 0 Å². The number of methoxy groups -OCH3 is 1. The smallest absolute Gasteiger partial charge is 0.379 e. The highest BCUT2D eigenvalue weighted by Crippen LogP contribution is 2.23. The van der Waals surface area contributed by atoms with E-state index >= 15 is 0 Å². The lowest BCUT2D eigenvalue weighted by Crippen LogP contribution is -2.18. The summed E-state index contributed by atoms with van der Waals surface area (Å²) < 4.78 is 16.5. The SMILES string of the molecule is C/C=C(\C)CC(C=C(C)C)Oc1cc2ccc(OC)cc2oc1=O. The van der Waals surface area contributed by atoms with Gasteiger partial charge in [-0.05, 0) is 52.0 Å². The van der Waals surface area contributed by atoms with Crippen LogP contribution in [0.2, 0.25) is 0 Å². The second kappa shape index (κ2) is 7.86. The van der Waals surface area contributed by atoms with Crippen LogP contribution in [0.1, 0.15) is 34.1 Å². The predicted octanol–water partition coefficient (Wildman–Crippen LogP) is 4.87. The van der Waals surface area contributed by atoms with Crippen LogP contribution in [0, 0.1) is 0 Å². The standard InChI is InChI=1S/C20H24O4/c1-6-14(4)10-17(9-13(2)3)23-19-11-15-7-8-16(22-5)12-18(15)24-20(19)21/h6-9,11-12,17H,10H2,1-5H3/b14-6+. The molecule has 128 valence electrons. The molecule has 4 nitrogen and oxygen atoms in total. The van der Waals surface area contributed by atoms with E-state index in [1.54, 1.807) is 19.2 Å². The molecule has 0 radical (unpaired) electrons. The maximum Gasteiger partial charge on any atom is 0.379 e. The van der Waals surface area contributed by atoms with E-state index < -0.39 is 5.63 Å². The third kappa shape index (κ3) is 4.51. The van der Waals surface area contributed by atoms with Crippen molar-refractivity contribution in [1.82, 2.24) is 0 Å². The fraction of sp³-hybridized carbons (Fsp3) is 0.350. The van der Waals surface area contributed by atoms with E-state index in [-0.39, 0.29) is 11.9 Å². The molecule has 1 atom stereocenters. The Labute approximate surface area is 142 Å². The van der Waals surface area contributed by atoms with Gasteiger partial charge in [0.15, 0.2) is 0 Å². The third-order valence-electron chi connectivity index (χ3n) is 3.72. The largest absolute Gasteiger partial charge is 0.497 e. The first-order valence-corrected chi connectivity index (χ1v) is 7.98. The summed E-state index contributed by atoms with van der Waals surface area (Å²) in [5, 5.41) is 0.795. The van der Waals surface area contributed by atoms with Gasteiger partial charge in [-0.3, -0.25) is 0 Å². The topological polar surface area (TPSA) is 48.7 Å². The van der Waals surface area contributed by atoms with Gasteiger partial charge in [0.25, 0.3) is 0 Å². The van der Waals surface area contributed by atoms with E-state index in [4.69, 9.17) is 13.9 Å². The number of hydrogen-bond acceptors (Lipinski definition) is 4. The zero-order chi connectivity index (χ0) is 17.7. The highest BCUT2D eigenvalue weighted by molar-refractivity contribution is 5.79. The summed E-state index contributed by atoms with van der Waals surface area (Å²) in [6.45, 7) is 8.06. The maximum atomic E-state index is 12.2. The quantitative estimate of drug-likeness (QED) is 0.560. The Morgan fingerprint density at radius 3 is 2.62 bits per heavy atom. The van der Waals surface area contributed by atoms with Gasteiger partial charge in [0.2, 0.25) is 5.75 Å². The molecule has 1 unspecified atom stereocenters. The van der Waals surface area contributed by atoms with Crippen LogP contribution < -0.4 is 15.1 Å². The predicted molar refractivity (Wildman–Crippen MR) is 96.9 cm³/mol. The molecule has 0 fully saturated rings. The summed E-state index contributed by atoms with van der Waals surface area (Å²) in [7, 11) is 1.57. The fourth-order valence-electron chi connectivity index (χ4n) is 2.39. The average molecular weight is 328 g/mol. The van der Waals surface area contributed by atoms with Gasteiger partial charge in [-0.15, -0.1) is 0 Å². The zero-order valence-corrected chi connectivity index (χ0v) is 14.9. The monoisotopic (exact) mass is 328 g/mol. The maximum absolute atomic E-state index is 12.2. The summed E-state index contributed by atoms with van der Waals surface area (Å²) in [5.41, 5.74) is 2.34. The Kier molecular flexibility index (Phi) is 5.85. The zero-order valence-electron chi connectivity index (χ0n) is 14.9. The molecule has 0 saturated carbocycles. The van der Waals surface area contributed by atoms with Crippen molar-refractivity contribution in [1.29, 1.82) is 0 Å². The van der Waals surface area contributed by atoms with Gasteiger partial charge in [-0.25, -0.2) is 4.79 Å². The minimum absolute atomic E-state index is 0.204. The van der Waals surface area contributed by atoms with Crippen molar-refractivity contribution >= 4 is 11.0 Å². The lowest BCUT2D eigenvalue weighted by atomic mass is 10.1. The number of fused-ring (bicyclic) bond motifs is 1. The Balaban J connectivity index is 2.37. The number of benzene rings is 1. The second-order valence-electron chi connectivity index (χ2n) is 6.04. The van der Waals surface area contributed by atoms with Crippen LogP contribution in [0.3, 0.4) is 0 Å². The molecule has 0 aliphatic carbocycles. The Bertz CT molecular complexity index is 823. The second-order valence-corrected chi connectivity index (χ2v) is 6.04. The number of rotatable bonds is 6. The Morgan fingerprint density at radius 1 is 1.25 bits per heavy atom. The van der Waals surface area contributed by atoms with E-state index in [2.05, 4.69) is 0 Å². The molecule has 1 heterocycles. The van der Waals surface area contributed by atoms with E-state index in [0.29, 0.717) is 11.3 Å². The van der Waals surface area contributed by atoms with Crippen LogP contribution in [-0.4, -0.2) is 13.2 Å². The van der Waals surface area contributed by atoms with E-state index in [0.717, 1.165) is 17.4 Å². The van der Waals surface area contributed by atoms with E-state index in [1.165, 1.54) is 5.57 Å². The molecule has 0 spiro atoms. The summed E-state index contributed by atoms with van der Waals surface area (Å²) in [5.74, 6) is 0.865.